The second-order valence-electron chi connectivity index (χ2n) is 5.81. The van der Waals surface area contributed by atoms with Gasteiger partial charge in [0.2, 0.25) is 0 Å². The van der Waals surface area contributed by atoms with Crippen LogP contribution in [0.15, 0.2) is 11.4 Å². The lowest BCUT2D eigenvalue weighted by Gasteiger charge is -2.36. The highest BCUT2D eigenvalue weighted by molar-refractivity contribution is 7.10. The van der Waals surface area contributed by atoms with Gasteiger partial charge in [-0.25, -0.2) is 0 Å². The van der Waals surface area contributed by atoms with E-state index in [1.54, 1.807) is 10.4 Å². The first-order valence-electron chi connectivity index (χ1n) is 7.27. The summed E-state index contributed by atoms with van der Waals surface area (Å²) in [6.07, 6.45) is 5.44. The molecule has 3 heteroatoms. The number of fused-ring (bicyclic) bond motifs is 1. The Morgan fingerprint density at radius 2 is 2.33 bits per heavy atom. The molecule has 3 atom stereocenters. The number of nitrogens with one attached hydrogen (secondary N) is 1. The first-order valence-corrected chi connectivity index (χ1v) is 8.15. The average molecular weight is 264 g/mol. The van der Waals surface area contributed by atoms with E-state index in [4.69, 9.17) is 0 Å². The number of hydrogen-bond donors (Lipinski definition) is 1. The van der Waals surface area contributed by atoms with Gasteiger partial charge in [0.05, 0.1) is 0 Å². The maximum absolute atomic E-state index is 3.51. The molecule has 1 N–H and O–H groups in total. The Morgan fingerprint density at radius 1 is 1.44 bits per heavy atom. The summed E-state index contributed by atoms with van der Waals surface area (Å²) in [6.45, 7) is 4.91. The lowest BCUT2D eigenvalue weighted by Crippen LogP contribution is -2.41. The van der Waals surface area contributed by atoms with Crippen molar-refractivity contribution in [3.8, 4) is 0 Å². The maximum Gasteiger partial charge on any atom is 0.0331 e. The molecule has 2 aliphatic rings. The highest BCUT2D eigenvalue weighted by atomic mass is 32.1. The molecule has 1 aliphatic heterocycles. The molecule has 0 radical (unpaired) electrons. The second kappa shape index (κ2) is 5.32. The fourth-order valence-electron chi connectivity index (χ4n) is 3.75. The summed E-state index contributed by atoms with van der Waals surface area (Å²) >= 11 is 1.94. The van der Waals surface area contributed by atoms with Gasteiger partial charge in [0, 0.05) is 30.1 Å². The van der Waals surface area contributed by atoms with E-state index in [0.717, 1.165) is 12.0 Å². The van der Waals surface area contributed by atoms with E-state index in [0.29, 0.717) is 6.04 Å². The van der Waals surface area contributed by atoms with Crippen LogP contribution in [-0.4, -0.2) is 31.1 Å². The van der Waals surface area contributed by atoms with Crippen molar-refractivity contribution in [1.82, 2.24) is 10.2 Å². The molecule has 0 amide bonds. The zero-order valence-electron chi connectivity index (χ0n) is 11.5. The van der Waals surface area contributed by atoms with Crippen LogP contribution < -0.4 is 5.32 Å². The van der Waals surface area contributed by atoms with Gasteiger partial charge in [0.25, 0.3) is 0 Å². The Kier molecular flexibility index (Phi) is 3.73. The number of thiophene rings is 1. The minimum absolute atomic E-state index is 0.623. The van der Waals surface area contributed by atoms with Crippen molar-refractivity contribution in [2.24, 2.45) is 5.92 Å². The maximum atomic E-state index is 3.51. The van der Waals surface area contributed by atoms with Gasteiger partial charge in [-0.1, -0.05) is 6.42 Å². The first kappa shape index (κ1) is 12.6. The summed E-state index contributed by atoms with van der Waals surface area (Å²) in [5, 5.41) is 5.77. The van der Waals surface area contributed by atoms with Crippen molar-refractivity contribution in [2.45, 2.75) is 44.7 Å². The van der Waals surface area contributed by atoms with E-state index in [1.807, 2.05) is 11.3 Å². The summed E-state index contributed by atoms with van der Waals surface area (Å²) in [5.41, 5.74) is 1.59. The zero-order chi connectivity index (χ0) is 12.5. The molecule has 2 nitrogen and oxygen atoms in total. The minimum Gasteiger partial charge on any atom is -0.317 e. The predicted molar refractivity (Wildman–Crippen MR) is 78.2 cm³/mol. The Labute approximate surface area is 114 Å². The van der Waals surface area contributed by atoms with E-state index >= 15 is 0 Å². The highest BCUT2D eigenvalue weighted by Crippen LogP contribution is 2.35. The molecule has 2 heterocycles. The van der Waals surface area contributed by atoms with Crippen LogP contribution in [0.1, 0.15) is 42.7 Å². The summed E-state index contributed by atoms with van der Waals surface area (Å²) in [6, 6.07) is 3.71. The van der Waals surface area contributed by atoms with E-state index in [9.17, 15) is 0 Å². The Hall–Kier alpha value is -0.380. The second-order valence-corrected chi connectivity index (χ2v) is 6.81. The predicted octanol–water partition coefficient (Wildman–Crippen LogP) is 3.06. The van der Waals surface area contributed by atoms with Crippen LogP contribution in [0.5, 0.6) is 0 Å². The van der Waals surface area contributed by atoms with Gasteiger partial charge in [0.15, 0.2) is 0 Å². The third-order valence-corrected chi connectivity index (χ3v) is 5.90. The SMILES string of the molecule is CNC1CCCC1CN1CCc2sccc2C1C. The third-order valence-electron chi connectivity index (χ3n) is 4.90. The van der Waals surface area contributed by atoms with Crippen LogP contribution in [0.3, 0.4) is 0 Å². The average Bonchev–Trinajstić information content (AvgIpc) is 3.01. The molecule has 1 fully saturated rings. The number of hydrogen-bond acceptors (Lipinski definition) is 3. The van der Waals surface area contributed by atoms with Gasteiger partial charge in [0.1, 0.15) is 0 Å². The van der Waals surface area contributed by atoms with Crippen molar-refractivity contribution < 1.29 is 0 Å². The molecule has 1 saturated carbocycles. The van der Waals surface area contributed by atoms with E-state index in [1.165, 1.54) is 38.8 Å². The minimum atomic E-state index is 0.623. The fourth-order valence-corrected chi connectivity index (χ4v) is 4.71. The van der Waals surface area contributed by atoms with E-state index in [-0.39, 0.29) is 0 Å². The normalized spacial score (nSPS) is 32.7. The Balaban J connectivity index is 1.67. The smallest absolute Gasteiger partial charge is 0.0331 e. The van der Waals surface area contributed by atoms with Crippen LogP contribution in [0.2, 0.25) is 0 Å². The molecule has 3 unspecified atom stereocenters. The van der Waals surface area contributed by atoms with Crippen molar-refractivity contribution in [1.29, 1.82) is 0 Å². The highest BCUT2D eigenvalue weighted by Gasteiger charge is 2.31. The summed E-state index contributed by atoms with van der Waals surface area (Å²) in [4.78, 5) is 4.32. The largest absolute Gasteiger partial charge is 0.317 e. The molecule has 0 saturated heterocycles. The Bertz CT molecular complexity index is 401. The van der Waals surface area contributed by atoms with Crippen molar-refractivity contribution in [3.63, 3.8) is 0 Å². The molecule has 1 aliphatic carbocycles. The lowest BCUT2D eigenvalue weighted by molar-refractivity contribution is 0.160. The molecular weight excluding hydrogens is 240 g/mol. The quantitative estimate of drug-likeness (QED) is 0.902. The molecule has 100 valence electrons. The van der Waals surface area contributed by atoms with Gasteiger partial charge in [-0.15, -0.1) is 11.3 Å². The van der Waals surface area contributed by atoms with Gasteiger partial charge >= 0.3 is 0 Å². The summed E-state index contributed by atoms with van der Waals surface area (Å²) < 4.78 is 0. The molecule has 0 bridgehead atoms. The lowest BCUT2D eigenvalue weighted by atomic mass is 9.97. The molecular formula is C15H24N2S. The molecule has 1 aromatic heterocycles. The van der Waals surface area contributed by atoms with Crippen LogP contribution in [0.4, 0.5) is 0 Å². The first-order chi connectivity index (χ1) is 8.79. The van der Waals surface area contributed by atoms with Gasteiger partial charge in [-0.3, -0.25) is 4.90 Å². The zero-order valence-corrected chi connectivity index (χ0v) is 12.3. The van der Waals surface area contributed by atoms with Gasteiger partial charge < -0.3 is 5.32 Å². The molecule has 0 spiro atoms. The van der Waals surface area contributed by atoms with Gasteiger partial charge in [-0.05, 0) is 56.2 Å². The molecule has 18 heavy (non-hydrogen) atoms. The Morgan fingerprint density at radius 3 is 3.17 bits per heavy atom. The number of rotatable bonds is 3. The van der Waals surface area contributed by atoms with Crippen LogP contribution in [0.25, 0.3) is 0 Å². The summed E-state index contributed by atoms with van der Waals surface area (Å²) in [7, 11) is 2.12. The van der Waals surface area contributed by atoms with Crippen molar-refractivity contribution in [3.05, 3.63) is 21.9 Å². The van der Waals surface area contributed by atoms with Crippen molar-refractivity contribution in [2.75, 3.05) is 20.1 Å². The van der Waals surface area contributed by atoms with E-state index in [2.05, 4.69) is 35.6 Å². The molecule has 1 aromatic rings. The summed E-state index contributed by atoms with van der Waals surface area (Å²) in [5.74, 6) is 0.859. The van der Waals surface area contributed by atoms with Crippen LogP contribution >= 0.6 is 11.3 Å². The van der Waals surface area contributed by atoms with E-state index < -0.39 is 0 Å². The topological polar surface area (TPSA) is 15.3 Å². The van der Waals surface area contributed by atoms with Crippen LogP contribution in [0, 0.1) is 5.92 Å². The molecule has 3 rings (SSSR count). The number of nitrogens with zero attached hydrogens (tertiary/aromatic N) is 1. The molecule has 0 aromatic carbocycles. The van der Waals surface area contributed by atoms with Gasteiger partial charge in [-0.2, -0.15) is 0 Å². The standard InChI is InChI=1S/C15H24N2S/c1-11-13-7-9-18-15(13)6-8-17(11)10-12-4-3-5-14(12)16-2/h7,9,11-12,14,16H,3-6,8,10H2,1-2H3. The van der Waals surface area contributed by atoms with Crippen molar-refractivity contribution >= 4 is 11.3 Å². The monoisotopic (exact) mass is 264 g/mol. The fraction of sp³-hybridized carbons (Fsp3) is 0.733. The third kappa shape index (κ3) is 2.24. The van der Waals surface area contributed by atoms with Crippen LogP contribution in [-0.2, 0) is 6.42 Å².